The van der Waals surface area contributed by atoms with Crippen LogP contribution >= 0.6 is 0 Å². The van der Waals surface area contributed by atoms with E-state index in [0.29, 0.717) is 18.8 Å². The molecule has 0 unspecified atom stereocenters. The third kappa shape index (κ3) is 5.41. The zero-order valence-corrected chi connectivity index (χ0v) is 9.13. The van der Waals surface area contributed by atoms with Crippen LogP contribution < -0.4 is 0 Å². The zero-order valence-electron chi connectivity index (χ0n) is 9.13. The van der Waals surface area contributed by atoms with Gasteiger partial charge < -0.3 is 9.47 Å². The van der Waals surface area contributed by atoms with E-state index in [1.54, 1.807) is 6.92 Å². The lowest BCUT2D eigenvalue weighted by molar-refractivity contribution is -0.142. The Balaban J connectivity index is 3.91. The quantitative estimate of drug-likeness (QED) is 0.373. The molecule has 0 saturated heterocycles. The Hall–Kier alpha value is -1.25. The Morgan fingerprint density at radius 2 is 2.00 bits per heavy atom. The summed E-state index contributed by atoms with van der Waals surface area (Å²) in [6, 6.07) is 0. The molecule has 0 aromatic rings. The summed E-state index contributed by atoms with van der Waals surface area (Å²) in [5.74, 6) is -0.364. The Morgan fingerprint density at radius 1 is 1.43 bits per heavy atom. The van der Waals surface area contributed by atoms with E-state index < -0.39 is 0 Å². The predicted octanol–water partition coefficient (Wildman–Crippen LogP) is 2.29. The fourth-order valence-electron chi connectivity index (χ4n) is 0.710. The molecule has 0 aliphatic rings. The standard InChI is InChI=1S/C11H18O3/c1-6-13-7-11(4,5)8-14-10(12)9(2)3/h6H,1-2,7-8H2,3-5H3. The molecule has 0 N–H and O–H groups in total. The van der Waals surface area contributed by atoms with Crippen LogP contribution in [0.4, 0.5) is 0 Å². The van der Waals surface area contributed by atoms with Gasteiger partial charge in [0.05, 0.1) is 19.5 Å². The number of esters is 1. The maximum absolute atomic E-state index is 11.1. The summed E-state index contributed by atoms with van der Waals surface area (Å²) in [4.78, 5) is 11.1. The van der Waals surface area contributed by atoms with Gasteiger partial charge in [0.1, 0.15) is 0 Å². The highest BCUT2D eigenvalue weighted by Gasteiger charge is 2.20. The van der Waals surface area contributed by atoms with E-state index in [1.165, 1.54) is 6.26 Å². The SMILES string of the molecule is C=COCC(C)(C)COC(=O)C(=C)C. The van der Waals surface area contributed by atoms with E-state index >= 15 is 0 Å². The number of hydrogen-bond acceptors (Lipinski definition) is 3. The Labute approximate surface area is 85.4 Å². The van der Waals surface area contributed by atoms with Gasteiger partial charge in [-0.3, -0.25) is 0 Å². The number of hydrogen-bond donors (Lipinski definition) is 0. The summed E-state index contributed by atoms with van der Waals surface area (Å²) in [6.45, 7) is 13.2. The third-order valence-corrected chi connectivity index (χ3v) is 1.53. The summed E-state index contributed by atoms with van der Waals surface area (Å²) in [6.07, 6.45) is 1.38. The van der Waals surface area contributed by atoms with Crippen LogP contribution in [0, 0.1) is 5.41 Å². The van der Waals surface area contributed by atoms with Crippen molar-refractivity contribution in [2.24, 2.45) is 5.41 Å². The van der Waals surface area contributed by atoms with E-state index in [2.05, 4.69) is 13.2 Å². The highest BCUT2D eigenvalue weighted by molar-refractivity contribution is 5.86. The van der Waals surface area contributed by atoms with Crippen molar-refractivity contribution in [3.8, 4) is 0 Å². The first kappa shape index (κ1) is 12.8. The molecule has 0 aliphatic heterocycles. The van der Waals surface area contributed by atoms with Crippen molar-refractivity contribution < 1.29 is 14.3 Å². The number of carbonyl (C=O) groups excluding carboxylic acids is 1. The Kier molecular flexibility index (Phi) is 4.99. The van der Waals surface area contributed by atoms with Crippen LogP contribution in [0.3, 0.4) is 0 Å². The summed E-state index contributed by atoms with van der Waals surface area (Å²) in [5, 5.41) is 0. The molecule has 0 fully saturated rings. The molecular formula is C11H18O3. The van der Waals surface area contributed by atoms with Gasteiger partial charge in [0, 0.05) is 11.0 Å². The minimum absolute atomic E-state index is 0.209. The van der Waals surface area contributed by atoms with Gasteiger partial charge in [0.2, 0.25) is 0 Å². The molecule has 0 saturated carbocycles. The zero-order chi connectivity index (χ0) is 11.2. The minimum atomic E-state index is -0.364. The summed E-state index contributed by atoms with van der Waals surface area (Å²) in [5.41, 5.74) is 0.199. The van der Waals surface area contributed by atoms with Crippen molar-refractivity contribution >= 4 is 5.97 Å². The van der Waals surface area contributed by atoms with Crippen molar-refractivity contribution in [2.45, 2.75) is 20.8 Å². The Morgan fingerprint density at radius 3 is 2.43 bits per heavy atom. The highest BCUT2D eigenvalue weighted by Crippen LogP contribution is 2.16. The van der Waals surface area contributed by atoms with Crippen molar-refractivity contribution in [1.82, 2.24) is 0 Å². The van der Waals surface area contributed by atoms with E-state index in [0.717, 1.165) is 0 Å². The van der Waals surface area contributed by atoms with Crippen molar-refractivity contribution in [3.05, 3.63) is 25.0 Å². The van der Waals surface area contributed by atoms with Crippen LogP contribution in [0.5, 0.6) is 0 Å². The average Bonchev–Trinajstić information content (AvgIpc) is 2.11. The normalized spacial score (nSPS) is 10.5. The molecule has 0 amide bonds. The molecule has 0 atom stereocenters. The summed E-state index contributed by atoms with van der Waals surface area (Å²) < 4.78 is 10.1. The molecule has 0 aromatic heterocycles. The number of rotatable bonds is 6. The maximum Gasteiger partial charge on any atom is 0.333 e. The van der Waals surface area contributed by atoms with Crippen molar-refractivity contribution in [3.63, 3.8) is 0 Å². The highest BCUT2D eigenvalue weighted by atomic mass is 16.5. The van der Waals surface area contributed by atoms with Gasteiger partial charge in [-0.15, -0.1) is 0 Å². The van der Waals surface area contributed by atoms with Gasteiger partial charge >= 0.3 is 5.97 Å². The van der Waals surface area contributed by atoms with E-state index in [4.69, 9.17) is 9.47 Å². The van der Waals surface area contributed by atoms with E-state index in [1.807, 2.05) is 13.8 Å². The third-order valence-electron chi connectivity index (χ3n) is 1.53. The summed E-state index contributed by atoms with van der Waals surface area (Å²) >= 11 is 0. The van der Waals surface area contributed by atoms with Crippen molar-refractivity contribution in [2.75, 3.05) is 13.2 Å². The second kappa shape index (κ2) is 5.47. The van der Waals surface area contributed by atoms with Gasteiger partial charge in [-0.05, 0) is 6.92 Å². The average molecular weight is 198 g/mol. The van der Waals surface area contributed by atoms with E-state index in [9.17, 15) is 4.79 Å². The Bertz CT molecular complexity index is 229. The number of ether oxygens (including phenoxy) is 2. The predicted molar refractivity (Wildman–Crippen MR) is 55.7 cm³/mol. The molecular weight excluding hydrogens is 180 g/mol. The first-order valence-electron chi connectivity index (χ1n) is 4.44. The molecule has 3 nitrogen and oxygen atoms in total. The first-order chi connectivity index (χ1) is 6.39. The lowest BCUT2D eigenvalue weighted by Gasteiger charge is -2.23. The van der Waals surface area contributed by atoms with Crippen LogP contribution in [-0.2, 0) is 14.3 Å². The second-order valence-corrected chi connectivity index (χ2v) is 4.00. The van der Waals surface area contributed by atoms with Gasteiger partial charge in [0.15, 0.2) is 0 Å². The lowest BCUT2D eigenvalue weighted by atomic mass is 9.96. The molecule has 3 heteroatoms. The van der Waals surface area contributed by atoms with Crippen LogP contribution in [0.15, 0.2) is 25.0 Å². The van der Waals surface area contributed by atoms with Crippen LogP contribution in [0.2, 0.25) is 0 Å². The maximum atomic E-state index is 11.1. The van der Waals surface area contributed by atoms with Gasteiger partial charge in [-0.1, -0.05) is 27.0 Å². The molecule has 0 rings (SSSR count). The smallest absolute Gasteiger partial charge is 0.333 e. The fraction of sp³-hybridized carbons (Fsp3) is 0.545. The lowest BCUT2D eigenvalue weighted by Crippen LogP contribution is -2.26. The van der Waals surface area contributed by atoms with Gasteiger partial charge in [0.25, 0.3) is 0 Å². The monoisotopic (exact) mass is 198 g/mol. The summed E-state index contributed by atoms with van der Waals surface area (Å²) in [7, 11) is 0. The molecule has 0 heterocycles. The van der Waals surface area contributed by atoms with Crippen LogP contribution in [0.1, 0.15) is 20.8 Å². The first-order valence-corrected chi connectivity index (χ1v) is 4.44. The van der Waals surface area contributed by atoms with Gasteiger partial charge in [-0.25, -0.2) is 4.79 Å². The second-order valence-electron chi connectivity index (χ2n) is 4.00. The molecule has 0 aromatic carbocycles. The van der Waals surface area contributed by atoms with Crippen LogP contribution in [-0.4, -0.2) is 19.2 Å². The largest absolute Gasteiger partial charge is 0.501 e. The number of carbonyl (C=O) groups is 1. The molecule has 80 valence electrons. The molecule has 0 bridgehead atoms. The molecule has 0 aliphatic carbocycles. The van der Waals surface area contributed by atoms with Gasteiger partial charge in [-0.2, -0.15) is 0 Å². The topological polar surface area (TPSA) is 35.5 Å². The fourth-order valence-corrected chi connectivity index (χ4v) is 0.710. The molecule has 0 radical (unpaired) electrons. The minimum Gasteiger partial charge on any atom is -0.501 e. The van der Waals surface area contributed by atoms with Crippen LogP contribution in [0.25, 0.3) is 0 Å². The molecule has 0 spiro atoms. The molecule has 14 heavy (non-hydrogen) atoms. The van der Waals surface area contributed by atoms with Crippen molar-refractivity contribution in [1.29, 1.82) is 0 Å². The van der Waals surface area contributed by atoms with E-state index in [-0.39, 0.29) is 11.4 Å².